The summed E-state index contributed by atoms with van der Waals surface area (Å²) >= 11 is 0. The molecule has 0 atom stereocenters. The van der Waals surface area contributed by atoms with Crippen molar-refractivity contribution >= 4 is 5.69 Å². The van der Waals surface area contributed by atoms with Gasteiger partial charge >= 0.3 is 0 Å². The Balaban J connectivity index is 2.97. The van der Waals surface area contributed by atoms with E-state index in [9.17, 15) is 0 Å². The van der Waals surface area contributed by atoms with Crippen LogP contribution in [0.2, 0.25) is 0 Å². The fraction of sp³-hybridized carbons (Fsp3) is 0. The van der Waals surface area contributed by atoms with Crippen LogP contribution in [0.15, 0.2) is 17.4 Å². The van der Waals surface area contributed by atoms with Crippen molar-refractivity contribution in [1.29, 1.82) is 0 Å². The molecule has 0 saturated heterocycles. The summed E-state index contributed by atoms with van der Waals surface area (Å²) < 4.78 is 0. The Morgan fingerprint density at radius 1 is 1.78 bits per heavy atom. The van der Waals surface area contributed by atoms with Gasteiger partial charge in [-0.2, -0.15) is 0 Å². The molecule has 9 heavy (non-hydrogen) atoms. The van der Waals surface area contributed by atoms with E-state index in [1.807, 2.05) is 0 Å². The van der Waals surface area contributed by atoms with Gasteiger partial charge in [0.15, 0.2) is 0 Å². The average Bonchev–Trinajstić information content (AvgIpc) is 1.91. The number of rotatable bonds is 1. The first-order valence-electron chi connectivity index (χ1n) is 2.23. The Morgan fingerprint density at radius 2 is 2.67 bits per heavy atom. The fourth-order valence-electron chi connectivity index (χ4n) is 0.383. The predicted octanol–water partition coefficient (Wildman–Crippen LogP) is 1.62. The number of hydrogen-bond acceptors (Lipinski definition) is 2. The summed E-state index contributed by atoms with van der Waals surface area (Å²) in [5, 5.41) is 3.26. The summed E-state index contributed by atoms with van der Waals surface area (Å²) in [7, 11) is 0. The highest BCUT2D eigenvalue weighted by Gasteiger charge is 1.81. The van der Waals surface area contributed by atoms with Gasteiger partial charge < -0.3 is 0 Å². The first kappa shape index (κ1) is 5.59. The monoisotopic (exact) mass is 118 g/mol. The molecule has 0 saturated carbocycles. The molecule has 42 valence electrons. The molecular formula is C5H2N4. The minimum absolute atomic E-state index is 0.410. The number of pyridine rings is 1. The van der Waals surface area contributed by atoms with Crippen LogP contribution in [0.5, 0.6) is 0 Å². The number of hydrogen-bond donors (Lipinski definition) is 0. The molecule has 0 aliphatic carbocycles. The fourth-order valence-corrected chi connectivity index (χ4v) is 0.383. The van der Waals surface area contributed by atoms with E-state index in [0.717, 1.165) is 0 Å². The topological polar surface area (TPSA) is 61.7 Å². The molecule has 1 rings (SSSR count). The predicted molar refractivity (Wildman–Crippen MR) is 30.7 cm³/mol. The normalized spacial score (nSPS) is 8.00. The SMILES string of the molecule is [N-]=[N+]=Nc1[c][c]ncc1. The van der Waals surface area contributed by atoms with E-state index in [0.29, 0.717) is 5.69 Å². The van der Waals surface area contributed by atoms with Crippen molar-refractivity contribution in [3.8, 4) is 0 Å². The Hall–Kier alpha value is -1.54. The maximum absolute atomic E-state index is 7.92. The summed E-state index contributed by atoms with van der Waals surface area (Å²) in [6.45, 7) is 0. The molecule has 4 nitrogen and oxygen atoms in total. The van der Waals surface area contributed by atoms with Crippen molar-refractivity contribution in [3.05, 3.63) is 35.0 Å². The second kappa shape index (κ2) is 2.69. The van der Waals surface area contributed by atoms with Gasteiger partial charge in [0.25, 0.3) is 0 Å². The zero-order valence-corrected chi connectivity index (χ0v) is 4.44. The lowest BCUT2D eigenvalue weighted by Gasteiger charge is -1.81. The van der Waals surface area contributed by atoms with Crippen molar-refractivity contribution in [2.75, 3.05) is 0 Å². The Kier molecular flexibility index (Phi) is 1.67. The van der Waals surface area contributed by atoms with Crippen LogP contribution >= 0.6 is 0 Å². The van der Waals surface area contributed by atoms with E-state index in [4.69, 9.17) is 5.53 Å². The zero-order chi connectivity index (χ0) is 6.53. The molecule has 2 radical (unpaired) electrons. The van der Waals surface area contributed by atoms with Gasteiger partial charge in [-0.1, -0.05) is 5.11 Å². The molecule has 0 amide bonds. The standard InChI is InChI=1S/C5H2N4/c6-9-8-5-1-3-7-4-2-5/h1,3H. The minimum atomic E-state index is 0.410. The summed E-state index contributed by atoms with van der Waals surface area (Å²) in [4.78, 5) is 6.12. The Bertz CT molecular complexity index is 224. The summed E-state index contributed by atoms with van der Waals surface area (Å²) in [6, 6.07) is 4.06. The number of azide groups is 1. The summed E-state index contributed by atoms with van der Waals surface area (Å²) in [6.07, 6.45) is 3.89. The largest absolute Gasteiger partial charge is 0.254 e. The van der Waals surface area contributed by atoms with Crippen molar-refractivity contribution in [1.82, 2.24) is 4.98 Å². The number of aromatic nitrogens is 1. The highest BCUT2D eigenvalue weighted by Crippen LogP contribution is 2.05. The van der Waals surface area contributed by atoms with Crippen LogP contribution in [0.3, 0.4) is 0 Å². The molecule has 0 bridgehead atoms. The maximum atomic E-state index is 7.92. The summed E-state index contributed by atoms with van der Waals surface area (Å²) in [5.74, 6) is 0. The highest BCUT2D eigenvalue weighted by molar-refractivity contribution is 5.30. The lowest BCUT2D eigenvalue weighted by atomic mass is 10.4. The Labute approximate surface area is 51.8 Å². The van der Waals surface area contributed by atoms with Crippen molar-refractivity contribution in [2.24, 2.45) is 5.11 Å². The van der Waals surface area contributed by atoms with E-state index < -0.39 is 0 Å². The van der Waals surface area contributed by atoms with Crippen LogP contribution < -0.4 is 0 Å². The van der Waals surface area contributed by atoms with E-state index in [-0.39, 0.29) is 0 Å². The molecule has 0 fully saturated rings. The van der Waals surface area contributed by atoms with Gasteiger partial charge in [-0.25, -0.2) is 0 Å². The first-order chi connectivity index (χ1) is 4.43. The molecule has 0 N–H and O–H groups in total. The third-order valence-electron chi connectivity index (χ3n) is 0.708. The van der Waals surface area contributed by atoms with Crippen LogP contribution in [0, 0.1) is 12.3 Å². The second-order valence-corrected chi connectivity index (χ2v) is 1.26. The molecule has 0 spiro atoms. The van der Waals surface area contributed by atoms with Crippen LogP contribution in [-0.4, -0.2) is 4.98 Å². The van der Waals surface area contributed by atoms with Crippen molar-refractivity contribution in [2.45, 2.75) is 0 Å². The zero-order valence-electron chi connectivity index (χ0n) is 4.44. The second-order valence-electron chi connectivity index (χ2n) is 1.26. The average molecular weight is 118 g/mol. The van der Waals surface area contributed by atoms with E-state index in [1.165, 1.54) is 6.20 Å². The maximum Gasteiger partial charge on any atom is 0.0976 e. The van der Waals surface area contributed by atoms with E-state index in [2.05, 4.69) is 27.3 Å². The van der Waals surface area contributed by atoms with Gasteiger partial charge in [0.2, 0.25) is 0 Å². The summed E-state index contributed by atoms with van der Waals surface area (Å²) in [5.41, 5.74) is 8.33. The van der Waals surface area contributed by atoms with Gasteiger partial charge in [-0.05, 0) is 11.6 Å². The highest BCUT2D eigenvalue weighted by atomic mass is 15.1. The van der Waals surface area contributed by atoms with Crippen molar-refractivity contribution < 1.29 is 0 Å². The third-order valence-corrected chi connectivity index (χ3v) is 0.708. The molecule has 4 heteroatoms. The molecule has 1 aromatic rings. The van der Waals surface area contributed by atoms with Gasteiger partial charge in [0, 0.05) is 22.9 Å². The Morgan fingerprint density at radius 3 is 3.22 bits per heavy atom. The van der Waals surface area contributed by atoms with Crippen LogP contribution in [0.1, 0.15) is 0 Å². The smallest absolute Gasteiger partial charge is 0.0976 e. The van der Waals surface area contributed by atoms with Crippen LogP contribution in [0.25, 0.3) is 10.4 Å². The first-order valence-corrected chi connectivity index (χ1v) is 2.23. The molecule has 0 aromatic carbocycles. The van der Waals surface area contributed by atoms with Gasteiger partial charge in [0.1, 0.15) is 0 Å². The van der Waals surface area contributed by atoms with Gasteiger partial charge in [0.05, 0.1) is 6.20 Å². The van der Waals surface area contributed by atoms with Gasteiger partial charge in [-0.15, -0.1) is 0 Å². The lowest BCUT2D eigenvalue weighted by Crippen LogP contribution is -1.65. The van der Waals surface area contributed by atoms with E-state index >= 15 is 0 Å². The third kappa shape index (κ3) is 1.44. The van der Waals surface area contributed by atoms with E-state index in [1.54, 1.807) is 6.07 Å². The molecule has 0 aliphatic heterocycles. The van der Waals surface area contributed by atoms with Crippen molar-refractivity contribution in [3.63, 3.8) is 0 Å². The lowest BCUT2D eigenvalue weighted by molar-refractivity contribution is 1.28. The molecular weight excluding hydrogens is 116 g/mol. The molecule has 1 aromatic heterocycles. The number of nitrogens with zero attached hydrogens (tertiary/aromatic N) is 4. The molecule has 1 heterocycles. The molecule has 0 unspecified atom stereocenters. The van der Waals surface area contributed by atoms with Crippen LogP contribution in [0.4, 0.5) is 5.69 Å². The van der Waals surface area contributed by atoms with Crippen LogP contribution in [-0.2, 0) is 0 Å². The van der Waals surface area contributed by atoms with Gasteiger partial charge in [-0.3, -0.25) is 4.98 Å². The molecule has 0 aliphatic rings. The quantitative estimate of drug-likeness (QED) is 0.314. The minimum Gasteiger partial charge on any atom is -0.254 e.